The van der Waals surface area contributed by atoms with Crippen LogP contribution in [0.1, 0.15) is 22.5 Å². The zero-order valence-corrected chi connectivity index (χ0v) is 11.7. The monoisotopic (exact) mass is 279 g/mol. The summed E-state index contributed by atoms with van der Waals surface area (Å²) in [5, 5.41) is 13.5. The van der Waals surface area contributed by atoms with Crippen molar-refractivity contribution < 1.29 is 9.53 Å². The summed E-state index contributed by atoms with van der Waals surface area (Å²) < 4.78 is 5.07. The number of carbonyl (C=O) groups is 1. The predicted octanol–water partition coefficient (Wildman–Crippen LogP) is 1.47. The number of piperidine rings is 1. The van der Waals surface area contributed by atoms with Crippen LogP contribution >= 0.6 is 11.3 Å². The minimum absolute atomic E-state index is 0.0352. The molecular formula is C13H17N3O2S. The highest BCUT2D eigenvalue weighted by molar-refractivity contribution is 7.12. The zero-order valence-electron chi connectivity index (χ0n) is 10.9. The predicted molar refractivity (Wildman–Crippen MR) is 73.4 cm³/mol. The Balaban J connectivity index is 1.82. The normalized spacial score (nSPS) is 16.8. The fourth-order valence-electron chi connectivity index (χ4n) is 2.14. The van der Waals surface area contributed by atoms with E-state index in [-0.39, 0.29) is 11.9 Å². The number of nitriles is 1. The molecule has 2 rings (SSSR count). The van der Waals surface area contributed by atoms with Crippen LogP contribution in [0.25, 0.3) is 0 Å². The third-order valence-corrected chi connectivity index (χ3v) is 4.16. The quantitative estimate of drug-likeness (QED) is 0.848. The summed E-state index contributed by atoms with van der Waals surface area (Å²) in [6, 6.07) is 4.11. The van der Waals surface area contributed by atoms with Gasteiger partial charge in [-0.15, -0.1) is 11.3 Å². The standard InChI is InChI=1S/C13H17N3O2S/c1-18-11-8-12(19-9-11)13(17)15-10-2-5-16(6-3-10)7-4-14/h8-10H,2-3,5-7H2,1H3,(H,15,17). The second kappa shape index (κ2) is 6.55. The maximum absolute atomic E-state index is 12.0. The number of nitrogens with one attached hydrogen (secondary N) is 1. The van der Waals surface area contributed by atoms with Crippen LogP contribution in [-0.2, 0) is 0 Å². The van der Waals surface area contributed by atoms with E-state index in [9.17, 15) is 4.79 Å². The van der Waals surface area contributed by atoms with Crippen LogP contribution in [0.5, 0.6) is 5.75 Å². The number of methoxy groups -OCH3 is 1. The van der Waals surface area contributed by atoms with Gasteiger partial charge in [-0.1, -0.05) is 0 Å². The molecule has 0 atom stereocenters. The van der Waals surface area contributed by atoms with E-state index in [1.54, 1.807) is 13.2 Å². The summed E-state index contributed by atoms with van der Waals surface area (Å²) in [5.74, 6) is 0.686. The molecule has 19 heavy (non-hydrogen) atoms. The molecule has 0 radical (unpaired) electrons. The van der Waals surface area contributed by atoms with Gasteiger partial charge >= 0.3 is 0 Å². The van der Waals surface area contributed by atoms with Crippen LogP contribution in [-0.4, -0.2) is 43.6 Å². The van der Waals surface area contributed by atoms with Gasteiger partial charge < -0.3 is 10.1 Å². The van der Waals surface area contributed by atoms with Crippen LogP contribution in [0.4, 0.5) is 0 Å². The van der Waals surface area contributed by atoms with Gasteiger partial charge in [-0.3, -0.25) is 9.69 Å². The molecule has 1 fully saturated rings. The highest BCUT2D eigenvalue weighted by Crippen LogP contribution is 2.21. The molecule has 0 aliphatic carbocycles. The maximum Gasteiger partial charge on any atom is 0.261 e. The van der Waals surface area contributed by atoms with Crippen molar-refractivity contribution in [1.82, 2.24) is 10.2 Å². The topological polar surface area (TPSA) is 65.4 Å². The molecule has 0 unspecified atom stereocenters. The first-order chi connectivity index (χ1) is 9.22. The molecule has 1 saturated heterocycles. The molecule has 0 aromatic carbocycles. The minimum atomic E-state index is -0.0352. The fourth-order valence-corrected chi connectivity index (χ4v) is 2.89. The first kappa shape index (κ1) is 13.8. The van der Waals surface area contributed by atoms with Crippen molar-refractivity contribution >= 4 is 17.2 Å². The molecule has 0 spiro atoms. The van der Waals surface area contributed by atoms with E-state index in [1.807, 2.05) is 5.38 Å². The molecule has 5 nitrogen and oxygen atoms in total. The third-order valence-electron chi connectivity index (χ3n) is 3.25. The van der Waals surface area contributed by atoms with Crippen molar-refractivity contribution in [3.05, 3.63) is 16.3 Å². The smallest absolute Gasteiger partial charge is 0.261 e. The molecular weight excluding hydrogens is 262 g/mol. The Bertz CT molecular complexity index is 472. The van der Waals surface area contributed by atoms with Gasteiger partial charge in [0.2, 0.25) is 0 Å². The Morgan fingerprint density at radius 3 is 2.95 bits per heavy atom. The van der Waals surface area contributed by atoms with Gasteiger partial charge in [0.1, 0.15) is 5.75 Å². The number of likely N-dealkylation sites (tertiary alicyclic amines) is 1. The van der Waals surface area contributed by atoms with E-state index in [2.05, 4.69) is 16.3 Å². The molecule has 1 N–H and O–H groups in total. The number of hydrogen-bond acceptors (Lipinski definition) is 5. The van der Waals surface area contributed by atoms with Gasteiger partial charge in [0.25, 0.3) is 5.91 Å². The van der Waals surface area contributed by atoms with E-state index < -0.39 is 0 Å². The summed E-state index contributed by atoms with van der Waals surface area (Å²) in [4.78, 5) is 14.8. The number of thiophene rings is 1. The van der Waals surface area contributed by atoms with Gasteiger partial charge in [0.05, 0.1) is 24.6 Å². The largest absolute Gasteiger partial charge is 0.496 e. The van der Waals surface area contributed by atoms with Gasteiger partial charge in [-0.2, -0.15) is 5.26 Å². The zero-order chi connectivity index (χ0) is 13.7. The minimum Gasteiger partial charge on any atom is -0.496 e. The van der Waals surface area contributed by atoms with Crippen LogP contribution in [0.2, 0.25) is 0 Å². The van der Waals surface area contributed by atoms with Crippen molar-refractivity contribution in [1.29, 1.82) is 5.26 Å². The Kier molecular flexibility index (Phi) is 4.77. The molecule has 1 aliphatic rings. The van der Waals surface area contributed by atoms with E-state index in [4.69, 9.17) is 10.00 Å². The Morgan fingerprint density at radius 2 is 2.37 bits per heavy atom. The molecule has 0 saturated carbocycles. The lowest BCUT2D eigenvalue weighted by atomic mass is 10.1. The second-order valence-corrected chi connectivity index (χ2v) is 5.44. The fraction of sp³-hybridized carbons (Fsp3) is 0.538. The van der Waals surface area contributed by atoms with E-state index in [0.29, 0.717) is 11.4 Å². The van der Waals surface area contributed by atoms with Crippen LogP contribution < -0.4 is 10.1 Å². The molecule has 102 valence electrons. The average molecular weight is 279 g/mol. The summed E-state index contributed by atoms with van der Waals surface area (Å²) in [7, 11) is 1.59. The van der Waals surface area contributed by atoms with Crippen LogP contribution in [0.15, 0.2) is 11.4 Å². The Hall–Kier alpha value is -1.58. The van der Waals surface area contributed by atoms with E-state index >= 15 is 0 Å². The molecule has 6 heteroatoms. The number of ether oxygens (including phenoxy) is 1. The highest BCUT2D eigenvalue weighted by atomic mass is 32.1. The number of rotatable bonds is 4. The lowest BCUT2D eigenvalue weighted by molar-refractivity contribution is 0.0918. The summed E-state index contributed by atoms with van der Waals surface area (Å²) in [6.45, 7) is 2.21. The van der Waals surface area contributed by atoms with E-state index in [0.717, 1.165) is 31.7 Å². The summed E-state index contributed by atoms with van der Waals surface area (Å²) >= 11 is 1.39. The van der Waals surface area contributed by atoms with Gasteiger partial charge in [-0.05, 0) is 12.8 Å². The highest BCUT2D eigenvalue weighted by Gasteiger charge is 2.21. The van der Waals surface area contributed by atoms with Crippen molar-refractivity contribution in [2.75, 3.05) is 26.7 Å². The van der Waals surface area contributed by atoms with Crippen molar-refractivity contribution in [2.45, 2.75) is 18.9 Å². The average Bonchev–Trinajstić information content (AvgIpc) is 2.90. The van der Waals surface area contributed by atoms with Gasteiger partial charge in [0, 0.05) is 30.6 Å². The van der Waals surface area contributed by atoms with Crippen LogP contribution in [0.3, 0.4) is 0 Å². The van der Waals surface area contributed by atoms with Crippen LogP contribution in [0, 0.1) is 11.3 Å². The molecule has 1 aromatic rings. The Morgan fingerprint density at radius 1 is 1.63 bits per heavy atom. The maximum atomic E-state index is 12.0. The first-order valence-corrected chi connectivity index (χ1v) is 7.13. The molecule has 1 aromatic heterocycles. The van der Waals surface area contributed by atoms with Gasteiger partial charge in [0.15, 0.2) is 0 Å². The number of carbonyl (C=O) groups excluding carboxylic acids is 1. The van der Waals surface area contributed by atoms with Gasteiger partial charge in [-0.25, -0.2) is 0 Å². The molecule has 1 amide bonds. The molecule has 1 aliphatic heterocycles. The Labute approximate surface area is 116 Å². The summed E-state index contributed by atoms with van der Waals surface area (Å²) in [6.07, 6.45) is 1.80. The van der Waals surface area contributed by atoms with Crippen molar-refractivity contribution in [3.8, 4) is 11.8 Å². The molecule has 0 bridgehead atoms. The lowest BCUT2D eigenvalue weighted by Crippen LogP contribution is -2.44. The second-order valence-electron chi connectivity index (χ2n) is 4.53. The number of amides is 1. The first-order valence-electron chi connectivity index (χ1n) is 6.25. The summed E-state index contributed by atoms with van der Waals surface area (Å²) in [5.41, 5.74) is 0. The van der Waals surface area contributed by atoms with Crippen molar-refractivity contribution in [2.24, 2.45) is 0 Å². The third kappa shape index (κ3) is 3.69. The number of hydrogen-bond donors (Lipinski definition) is 1. The lowest BCUT2D eigenvalue weighted by Gasteiger charge is -2.30. The van der Waals surface area contributed by atoms with Crippen molar-refractivity contribution in [3.63, 3.8) is 0 Å². The molecule has 2 heterocycles. The number of nitrogens with zero attached hydrogens (tertiary/aromatic N) is 2. The SMILES string of the molecule is COc1csc(C(=O)NC2CCN(CC#N)CC2)c1. The van der Waals surface area contributed by atoms with E-state index in [1.165, 1.54) is 11.3 Å².